The van der Waals surface area contributed by atoms with Gasteiger partial charge in [0.2, 0.25) is 0 Å². The van der Waals surface area contributed by atoms with Gasteiger partial charge in [-0.15, -0.1) is 0 Å². The highest BCUT2D eigenvalue weighted by Crippen LogP contribution is 2.32. The van der Waals surface area contributed by atoms with Crippen molar-refractivity contribution in [2.24, 2.45) is 0 Å². The van der Waals surface area contributed by atoms with E-state index in [0.29, 0.717) is 5.69 Å². The van der Waals surface area contributed by atoms with Crippen LogP contribution in [0.1, 0.15) is 29.6 Å². The number of carbonyl (C=O) groups excluding carboxylic acids is 1. The molecule has 1 aliphatic rings. The first-order chi connectivity index (χ1) is 13.5. The molecule has 0 atom stereocenters. The minimum Gasteiger partial charge on any atom is -0.366 e. The van der Waals surface area contributed by atoms with Crippen molar-refractivity contribution in [2.45, 2.75) is 19.3 Å². The summed E-state index contributed by atoms with van der Waals surface area (Å²) < 4.78 is 14.2. The second-order valence-electron chi connectivity index (χ2n) is 6.47. The molecule has 0 bridgehead atoms. The largest absolute Gasteiger partial charge is 0.366 e. The molecular weight excluding hydrogens is 363 g/mol. The molecular formula is C20H19FN4O3. The first-order valence-corrected chi connectivity index (χ1v) is 8.99. The van der Waals surface area contributed by atoms with E-state index in [4.69, 9.17) is 5.26 Å². The number of rotatable bonds is 6. The Hall–Kier alpha value is -3.47. The highest BCUT2D eigenvalue weighted by Gasteiger charge is 2.26. The maximum absolute atomic E-state index is 14.2. The lowest BCUT2D eigenvalue weighted by molar-refractivity contribution is -0.384. The third kappa shape index (κ3) is 3.93. The maximum atomic E-state index is 14.2. The molecule has 1 heterocycles. The average Bonchev–Trinajstić information content (AvgIpc) is 3.23. The molecule has 3 rings (SSSR count). The van der Waals surface area contributed by atoms with E-state index in [2.05, 4.69) is 0 Å². The van der Waals surface area contributed by atoms with Crippen molar-refractivity contribution < 1.29 is 14.1 Å². The number of halogens is 1. The number of amides is 1. The summed E-state index contributed by atoms with van der Waals surface area (Å²) in [4.78, 5) is 27.2. The quantitative estimate of drug-likeness (QED) is 0.558. The zero-order valence-electron chi connectivity index (χ0n) is 15.2. The fourth-order valence-corrected chi connectivity index (χ4v) is 3.35. The van der Waals surface area contributed by atoms with Crippen LogP contribution in [0.15, 0.2) is 42.5 Å². The first-order valence-electron chi connectivity index (χ1n) is 8.99. The van der Waals surface area contributed by atoms with Gasteiger partial charge in [0, 0.05) is 31.3 Å². The van der Waals surface area contributed by atoms with Crippen LogP contribution in [0.2, 0.25) is 0 Å². The molecule has 0 radical (unpaired) electrons. The van der Waals surface area contributed by atoms with Crippen molar-refractivity contribution in [3.8, 4) is 6.07 Å². The number of para-hydroxylation sites is 1. The van der Waals surface area contributed by atoms with Crippen molar-refractivity contribution in [2.75, 3.05) is 29.4 Å². The van der Waals surface area contributed by atoms with Gasteiger partial charge in [-0.05, 0) is 37.1 Å². The first kappa shape index (κ1) is 19.3. The number of nitro groups is 1. The van der Waals surface area contributed by atoms with Gasteiger partial charge in [0.15, 0.2) is 0 Å². The Kier molecular flexibility index (Phi) is 5.84. The third-order valence-electron chi connectivity index (χ3n) is 4.70. The van der Waals surface area contributed by atoms with E-state index < -0.39 is 16.6 Å². The number of nitro benzene ring substituents is 1. The molecule has 0 unspecified atom stereocenters. The number of carbonyl (C=O) groups is 1. The maximum Gasteiger partial charge on any atom is 0.293 e. The Bertz CT molecular complexity index is 935. The topological polar surface area (TPSA) is 90.5 Å². The van der Waals surface area contributed by atoms with E-state index in [-0.39, 0.29) is 29.9 Å². The molecule has 1 saturated heterocycles. The number of anilines is 2. The van der Waals surface area contributed by atoms with Crippen molar-refractivity contribution in [3.05, 3.63) is 64.0 Å². The zero-order valence-corrected chi connectivity index (χ0v) is 15.2. The van der Waals surface area contributed by atoms with E-state index in [1.54, 1.807) is 12.1 Å². The molecule has 0 aromatic heterocycles. The van der Waals surface area contributed by atoms with Crippen LogP contribution in [0.5, 0.6) is 0 Å². The van der Waals surface area contributed by atoms with E-state index >= 15 is 0 Å². The molecule has 2 aromatic rings. The SMILES string of the molecule is N#CCCN(C(=O)c1ccc(N2CCCC2)c([N+](=O)[O-])c1)c1ccccc1F. The Morgan fingerprint density at radius 1 is 1.25 bits per heavy atom. The van der Waals surface area contributed by atoms with Crippen molar-refractivity contribution in [1.29, 1.82) is 5.26 Å². The van der Waals surface area contributed by atoms with Crippen molar-refractivity contribution in [1.82, 2.24) is 0 Å². The summed E-state index contributed by atoms with van der Waals surface area (Å²) in [5.41, 5.74) is 0.444. The minimum absolute atomic E-state index is 0.00797. The zero-order chi connectivity index (χ0) is 20.1. The molecule has 2 aromatic carbocycles. The summed E-state index contributed by atoms with van der Waals surface area (Å²) in [7, 11) is 0. The highest BCUT2D eigenvalue weighted by molar-refractivity contribution is 6.07. The molecule has 1 fully saturated rings. The van der Waals surface area contributed by atoms with Crippen LogP contribution >= 0.6 is 0 Å². The van der Waals surface area contributed by atoms with Crippen molar-refractivity contribution >= 4 is 23.0 Å². The van der Waals surface area contributed by atoms with Gasteiger partial charge in [-0.2, -0.15) is 5.26 Å². The molecule has 144 valence electrons. The molecule has 0 spiro atoms. The number of benzene rings is 2. The minimum atomic E-state index is -0.600. The smallest absolute Gasteiger partial charge is 0.293 e. The Balaban J connectivity index is 1.98. The van der Waals surface area contributed by atoms with Crippen molar-refractivity contribution in [3.63, 3.8) is 0 Å². The summed E-state index contributed by atoms with van der Waals surface area (Å²) in [6.07, 6.45) is 1.94. The Labute approximate surface area is 161 Å². The van der Waals surface area contributed by atoms with E-state index in [0.717, 1.165) is 30.8 Å². The van der Waals surface area contributed by atoms with Crippen LogP contribution in [0, 0.1) is 27.3 Å². The van der Waals surface area contributed by atoms with Gasteiger partial charge in [0.1, 0.15) is 11.5 Å². The number of nitrogens with zero attached hydrogens (tertiary/aromatic N) is 4. The number of hydrogen-bond acceptors (Lipinski definition) is 5. The van der Waals surface area contributed by atoms with Gasteiger partial charge in [0.05, 0.1) is 23.1 Å². The van der Waals surface area contributed by atoms with Gasteiger partial charge >= 0.3 is 0 Å². The van der Waals surface area contributed by atoms with Crippen LogP contribution < -0.4 is 9.80 Å². The lowest BCUT2D eigenvalue weighted by atomic mass is 10.1. The molecule has 1 aliphatic heterocycles. The molecule has 0 saturated carbocycles. The Morgan fingerprint density at radius 3 is 2.61 bits per heavy atom. The molecule has 7 nitrogen and oxygen atoms in total. The van der Waals surface area contributed by atoms with Gasteiger partial charge in [-0.25, -0.2) is 4.39 Å². The van der Waals surface area contributed by atoms with Crippen LogP contribution in [0.4, 0.5) is 21.5 Å². The third-order valence-corrected chi connectivity index (χ3v) is 4.70. The van der Waals surface area contributed by atoms with Gasteiger partial charge in [0.25, 0.3) is 11.6 Å². The second-order valence-corrected chi connectivity index (χ2v) is 6.47. The summed E-state index contributed by atoms with van der Waals surface area (Å²) in [5.74, 6) is -1.19. The monoisotopic (exact) mass is 382 g/mol. The number of hydrogen-bond donors (Lipinski definition) is 0. The average molecular weight is 382 g/mol. The van der Waals surface area contributed by atoms with Crippen LogP contribution in [-0.4, -0.2) is 30.5 Å². The highest BCUT2D eigenvalue weighted by atomic mass is 19.1. The van der Waals surface area contributed by atoms with E-state index in [1.807, 2.05) is 11.0 Å². The summed E-state index contributed by atoms with van der Waals surface area (Å²) in [5, 5.41) is 20.5. The summed E-state index contributed by atoms with van der Waals surface area (Å²) in [6.45, 7) is 1.45. The molecule has 8 heteroatoms. The van der Waals surface area contributed by atoms with Gasteiger partial charge < -0.3 is 9.80 Å². The van der Waals surface area contributed by atoms with Crippen LogP contribution in [0.25, 0.3) is 0 Å². The number of nitriles is 1. The fourth-order valence-electron chi connectivity index (χ4n) is 3.35. The lowest BCUT2D eigenvalue weighted by Gasteiger charge is -2.23. The predicted octanol–water partition coefficient (Wildman–Crippen LogP) is 3.89. The standard InChI is InChI=1S/C20H19FN4O3/c21-16-6-1-2-7-17(16)24(13-5-10-22)20(26)15-8-9-18(19(14-15)25(27)28)23-11-3-4-12-23/h1-2,6-9,14H,3-5,11-13H2. The molecule has 0 N–H and O–H groups in total. The van der Waals surface area contributed by atoms with E-state index in [1.165, 1.54) is 30.3 Å². The molecule has 0 aliphatic carbocycles. The van der Waals surface area contributed by atoms with Gasteiger partial charge in [-0.1, -0.05) is 12.1 Å². The van der Waals surface area contributed by atoms with Crippen LogP contribution in [-0.2, 0) is 0 Å². The summed E-state index contributed by atoms with van der Waals surface area (Å²) in [6, 6.07) is 12.0. The molecule has 1 amide bonds. The van der Waals surface area contributed by atoms with Gasteiger partial charge in [-0.3, -0.25) is 14.9 Å². The van der Waals surface area contributed by atoms with Crippen LogP contribution in [0.3, 0.4) is 0 Å². The van der Waals surface area contributed by atoms with E-state index in [9.17, 15) is 19.3 Å². The predicted molar refractivity (Wildman–Crippen MR) is 103 cm³/mol. The molecule has 28 heavy (non-hydrogen) atoms. The Morgan fingerprint density at radius 2 is 1.96 bits per heavy atom. The second kappa shape index (κ2) is 8.48. The lowest BCUT2D eigenvalue weighted by Crippen LogP contribution is -2.32. The summed E-state index contributed by atoms with van der Waals surface area (Å²) >= 11 is 0. The fraction of sp³-hybridized carbons (Fsp3) is 0.300. The normalized spacial score (nSPS) is 13.2.